The molecule has 1 amide bonds. The van der Waals surface area contributed by atoms with Crippen LogP contribution in [0.1, 0.15) is 52.4 Å². The number of hydrogen-bond acceptors (Lipinski definition) is 1. The van der Waals surface area contributed by atoms with Crippen molar-refractivity contribution in [3.63, 3.8) is 0 Å². The summed E-state index contributed by atoms with van der Waals surface area (Å²) in [5, 5.41) is 0. The van der Waals surface area contributed by atoms with Gasteiger partial charge in [0.2, 0.25) is 5.91 Å². The lowest BCUT2D eigenvalue weighted by molar-refractivity contribution is -0.125. The molecule has 15 heavy (non-hydrogen) atoms. The molecule has 0 aromatic heterocycles. The van der Waals surface area contributed by atoms with Gasteiger partial charge in [-0.25, -0.2) is 0 Å². The van der Waals surface area contributed by atoms with Crippen molar-refractivity contribution in [2.45, 2.75) is 52.4 Å². The van der Waals surface area contributed by atoms with Crippen LogP contribution in [0.5, 0.6) is 0 Å². The van der Waals surface area contributed by atoms with E-state index in [1.807, 2.05) is 11.8 Å². The summed E-state index contributed by atoms with van der Waals surface area (Å²) >= 11 is 0. The molecule has 0 aromatic carbocycles. The van der Waals surface area contributed by atoms with Crippen LogP contribution in [0, 0.1) is 0 Å². The second-order valence-corrected chi connectivity index (χ2v) is 3.89. The van der Waals surface area contributed by atoms with E-state index in [4.69, 9.17) is 0 Å². The van der Waals surface area contributed by atoms with Crippen LogP contribution in [0.4, 0.5) is 0 Å². The molecule has 0 N–H and O–H groups in total. The summed E-state index contributed by atoms with van der Waals surface area (Å²) in [6.07, 6.45) is 9.02. The van der Waals surface area contributed by atoms with Crippen LogP contribution < -0.4 is 0 Å². The van der Waals surface area contributed by atoms with E-state index in [-0.39, 0.29) is 5.91 Å². The summed E-state index contributed by atoms with van der Waals surface area (Å²) in [6.45, 7) is 9.42. The molecule has 0 spiro atoms. The van der Waals surface area contributed by atoms with Gasteiger partial charge in [-0.15, -0.1) is 0 Å². The van der Waals surface area contributed by atoms with Crippen LogP contribution in [0.25, 0.3) is 0 Å². The number of nitrogens with zero attached hydrogens (tertiary/aromatic N) is 1. The van der Waals surface area contributed by atoms with Crippen molar-refractivity contribution in [1.82, 2.24) is 4.90 Å². The predicted octanol–water partition coefficient (Wildman–Crippen LogP) is 3.38. The minimum absolute atomic E-state index is 0.0612. The van der Waals surface area contributed by atoms with Gasteiger partial charge in [-0.3, -0.25) is 4.79 Å². The van der Waals surface area contributed by atoms with Crippen LogP contribution in [-0.2, 0) is 4.79 Å². The number of likely N-dealkylation sites (N-methyl/N-ethyl adjacent to an activating group) is 1. The monoisotopic (exact) mass is 211 g/mol. The second kappa shape index (κ2) is 9.75. The molecule has 2 nitrogen and oxygen atoms in total. The summed E-state index contributed by atoms with van der Waals surface area (Å²) in [5.74, 6) is 0.0612. The first-order valence-corrected chi connectivity index (χ1v) is 6.17. The van der Waals surface area contributed by atoms with Gasteiger partial charge in [0.15, 0.2) is 0 Å². The van der Waals surface area contributed by atoms with E-state index in [0.717, 1.165) is 19.5 Å². The van der Waals surface area contributed by atoms with Crippen molar-refractivity contribution in [3.05, 3.63) is 12.7 Å². The third-order valence-electron chi connectivity index (χ3n) is 2.65. The van der Waals surface area contributed by atoms with Gasteiger partial charge in [-0.1, -0.05) is 45.6 Å². The molecule has 0 heterocycles. The Morgan fingerprint density at radius 3 is 2.27 bits per heavy atom. The van der Waals surface area contributed by atoms with Crippen molar-refractivity contribution in [2.75, 3.05) is 13.1 Å². The molecule has 0 fully saturated rings. The molecule has 0 rings (SSSR count). The second-order valence-electron chi connectivity index (χ2n) is 3.89. The molecular formula is C13H25NO. The zero-order chi connectivity index (χ0) is 11.5. The molecular weight excluding hydrogens is 186 g/mol. The van der Waals surface area contributed by atoms with E-state index in [1.165, 1.54) is 38.2 Å². The Morgan fingerprint density at radius 1 is 1.13 bits per heavy atom. The zero-order valence-corrected chi connectivity index (χ0v) is 10.3. The Balaban J connectivity index is 3.46. The number of rotatable bonds is 9. The lowest BCUT2D eigenvalue weighted by atomic mass is 10.1. The van der Waals surface area contributed by atoms with Gasteiger partial charge in [0, 0.05) is 13.1 Å². The van der Waals surface area contributed by atoms with E-state index < -0.39 is 0 Å². The fraction of sp³-hybridized carbons (Fsp3) is 0.769. The van der Waals surface area contributed by atoms with Crippen molar-refractivity contribution in [1.29, 1.82) is 0 Å². The molecule has 0 unspecified atom stereocenters. The van der Waals surface area contributed by atoms with Crippen LogP contribution >= 0.6 is 0 Å². The highest BCUT2D eigenvalue weighted by Gasteiger charge is 2.05. The highest BCUT2D eigenvalue weighted by molar-refractivity contribution is 5.86. The number of unbranched alkanes of at least 4 members (excludes halogenated alkanes) is 5. The summed E-state index contributed by atoms with van der Waals surface area (Å²) in [4.78, 5) is 13.2. The molecule has 0 saturated carbocycles. The van der Waals surface area contributed by atoms with Gasteiger partial charge in [0.25, 0.3) is 0 Å². The maximum absolute atomic E-state index is 11.3. The van der Waals surface area contributed by atoms with Crippen molar-refractivity contribution in [3.8, 4) is 0 Å². The lowest BCUT2D eigenvalue weighted by Crippen LogP contribution is -2.29. The van der Waals surface area contributed by atoms with Gasteiger partial charge in [0.05, 0.1) is 0 Å². The topological polar surface area (TPSA) is 20.3 Å². The van der Waals surface area contributed by atoms with E-state index in [2.05, 4.69) is 13.5 Å². The lowest BCUT2D eigenvalue weighted by Gasteiger charge is -2.18. The Morgan fingerprint density at radius 2 is 1.73 bits per heavy atom. The van der Waals surface area contributed by atoms with E-state index in [9.17, 15) is 4.79 Å². The first-order valence-electron chi connectivity index (χ1n) is 6.17. The zero-order valence-electron chi connectivity index (χ0n) is 10.3. The first kappa shape index (κ1) is 14.2. The highest BCUT2D eigenvalue weighted by atomic mass is 16.2. The smallest absolute Gasteiger partial charge is 0.245 e. The van der Waals surface area contributed by atoms with Crippen molar-refractivity contribution in [2.24, 2.45) is 0 Å². The van der Waals surface area contributed by atoms with E-state index in [1.54, 1.807) is 0 Å². The largest absolute Gasteiger partial charge is 0.339 e. The maximum Gasteiger partial charge on any atom is 0.245 e. The van der Waals surface area contributed by atoms with Crippen LogP contribution in [0.3, 0.4) is 0 Å². The van der Waals surface area contributed by atoms with Crippen LogP contribution in [-0.4, -0.2) is 23.9 Å². The average molecular weight is 211 g/mol. The van der Waals surface area contributed by atoms with Crippen molar-refractivity contribution >= 4 is 5.91 Å². The fourth-order valence-electron chi connectivity index (χ4n) is 1.64. The molecule has 0 aromatic rings. The summed E-state index contributed by atoms with van der Waals surface area (Å²) < 4.78 is 0. The van der Waals surface area contributed by atoms with E-state index in [0.29, 0.717) is 0 Å². The molecule has 88 valence electrons. The SMILES string of the molecule is C=CC(=O)N(CC)CCCCCCCC. The Bertz CT molecular complexity index is 177. The number of amides is 1. The van der Waals surface area contributed by atoms with Gasteiger partial charge in [0.1, 0.15) is 0 Å². The average Bonchev–Trinajstić information content (AvgIpc) is 2.27. The maximum atomic E-state index is 11.3. The molecule has 0 aliphatic rings. The van der Waals surface area contributed by atoms with Crippen LogP contribution in [0.15, 0.2) is 12.7 Å². The standard InChI is InChI=1S/C13H25NO/c1-4-7-8-9-10-11-12-14(6-3)13(15)5-2/h5H,2,4,6-12H2,1,3H3. The highest BCUT2D eigenvalue weighted by Crippen LogP contribution is 2.06. The molecule has 0 bridgehead atoms. The van der Waals surface area contributed by atoms with E-state index >= 15 is 0 Å². The molecule has 0 aliphatic carbocycles. The Labute approximate surface area is 94.4 Å². The number of carbonyl (C=O) groups excluding carboxylic acids is 1. The van der Waals surface area contributed by atoms with Gasteiger partial charge >= 0.3 is 0 Å². The fourth-order valence-corrected chi connectivity index (χ4v) is 1.64. The van der Waals surface area contributed by atoms with Gasteiger partial charge in [-0.2, -0.15) is 0 Å². The minimum atomic E-state index is 0.0612. The quantitative estimate of drug-likeness (QED) is 0.423. The summed E-state index contributed by atoms with van der Waals surface area (Å²) in [5.41, 5.74) is 0. The third kappa shape index (κ3) is 7.18. The summed E-state index contributed by atoms with van der Waals surface area (Å²) in [7, 11) is 0. The predicted molar refractivity (Wildman–Crippen MR) is 65.8 cm³/mol. The first-order chi connectivity index (χ1) is 7.26. The number of carbonyl (C=O) groups is 1. The molecule has 0 radical (unpaired) electrons. The Kier molecular flexibility index (Phi) is 9.24. The molecule has 0 atom stereocenters. The van der Waals surface area contributed by atoms with Gasteiger partial charge < -0.3 is 4.90 Å². The molecule has 0 saturated heterocycles. The van der Waals surface area contributed by atoms with Gasteiger partial charge in [-0.05, 0) is 19.4 Å². The van der Waals surface area contributed by atoms with Crippen LogP contribution in [0.2, 0.25) is 0 Å². The summed E-state index contributed by atoms with van der Waals surface area (Å²) in [6, 6.07) is 0. The third-order valence-corrected chi connectivity index (χ3v) is 2.65. The molecule has 0 aliphatic heterocycles. The minimum Gasteiger partial charge on any atom is -0.339 e. The van der Waals surface area contributed by atoms with Crippen molar-refractivity contribution < 1.29 is 4.79 Å². The molecule has 2 heteroatoms. The number of hydrogen-bond donors (Lipinski definition) is 0. The normalized spacial score (nSPS) is 10.0. The Hall–Kier alpha value is -0.790.